The van der Waals surface area contributed by atoms with Gasteiger partial charge in [-0.05, 0) is 52.0 Å². The van der Waals surface area contributed by atoms with E-state index in [-0.39, 0.29) is 11.5 Å². The summed E-state index contributed by atoms with van der Waals surface area (Å²) in [6.45, 7) is 7.16. The van der Waals surface area contributed by atoms with Gasteiger partial charge in [0.25, 0.3) is 0 Å². The molecule has 1 aliphatic carbocycles. The van der Waals surface area contributed by atoms with Gasteiger partial charge in [0.1, 0.15) is 0 Å². The molecule has 2 nitrogen and oxygen atoms in total. The van der Waals surface area contributed by atoms with Gasteiger partial charge in [-0.25, -0.2) is 4.98 Å². The Hall–Kier alpha value is -0.620. The van der Waals surface area contributed by atoms with Crippen LogP contribution in [0.5, 0.6) is 0 Å². The first-order valence-corrected chi connectivity index (χ1v) is 7.76. The largest absolute Gasteiger partial charge is 0.443 e. The lowest BCUT2D eigenvalue weighted by atomic mass is 9.94. The normalized spacial score (nSPS) is 24.3. The molecule has 114 valence electrons. The van der Waals surface area contributed by atoms with Gasteiger partial charge in [0.15, 0.2) is 5.01 Å². The number of hydrogen-bond acceptors (Lipinski definition) is 3. The van der Waals surface area contributed by atoms with E-state index in [1.165, 1.54) is 6.20 Å². The zero-order valence-corrected chi connectivity index (χ0v) is 12.9. The summed E-state index contributed by atoms with van der Waals surface area (Å²) in [6, 6.07) is 0. The van der Waals surface area contributed by atoms with Crippen molar-refractivity contribution in [1.29, 1.82) is 0 Å². The summed E-state index contributed by atoms with van der Waals surface area (Å²) in [4.78, 5) is 4.34. The van der Waals surface area contributed by atoms with Crippen LogP contribution in [0.4, 0.5) is 13.2 Å². The van der Waals surface area contributed by atoms with Gasteiger partial charge in [-0.3, -0.25) is 0 Å². The zero-order chi connectivity index (χ0) is 15.0. The Morgan fingerprint density at radius 3 is 2.55 bits per heavy atom. The first-order valence-electron chi connectivity index (χ1n) is 6.95. The third kappa shape index (κ3) is 3.95. The van der Waals surface area contributed by atoms with Crippen molar-refractivity contribution < 1.29 is 13.2 Å². The summed E-state index contributed by atoms with van der Waals surface area (Å²) in [5.74, 6) is 0.634. The van der Waals surface area contributed by atoms with Gasteiger partial charge in [-0.2, -0.15) is 13.2 Å². The van der Waals surface area contributed by atoms with Crippen LogP contribution < -0.4 is 5.32 Å². The molecule has 1 aliphatic rings. The molecule has 2 atom stereocenters. The Morgan fingerprint density at radius 2 is 2.00 bits per heavy atom. The maximum Gasteiger partial charge on any atom is 0.443 e. The number of rotatable bonds is 3. The van der Waals surface area contributed by atoms with Crippen LogP contribution in [0.3, 0.4) is 0 Å². The lowest BCUT2D eigenvalue weighted by molar-refractivity contribution is -0.137. The molecule has 2 unspecified atom stereocenters. The Balaban J connectivity index is 2.05. The standard InChI is InChI=1S/C14H21F3N2S/c1-13(2,3)19-7-9-5-4-6-10(9)11-8-18-12(20-11)14(15,16)17/h8-10,19H,4-7H2,1-3H3. The summed E-state index contributed by atoms with van der Waals surface area (Å²) >= 11 is 0.810. The van der Waals surface area contributed by atoms with Crippen LogP contribution >= 0.6 is 11.3 Å². The van der Waals surface area contributed by atoms with Gasteiger partial charge in [-0.1, -0.05) is 6.42 Å². The van der Waals surface area contributed by atoms with E-state index in [4.69, 9.17) is 0 Å². The van der Waals surface area contributed by atoms with E-state index in [9.17, 15) is 13.2 Å². The third-order valence-electron chi connectivity index (χ3n) is 3.69. The van der Waals surface area contributed by atoms with Gasteiger partial charge < -0.3 is 5.32 Å². The average Bonchev–Trinajstić information content (AvgIpc) is 2.93. The van der Waals surface area contributed by atoms with Gasteiger partial charge in [0.2, 0.25) is 0 Å². The smallest absolute Gasteiger partial charge is 0.312 e. The lowest BCUT2D eigenvalue weighted by Gasteiger charge is -2.26. The average molecular weight is 306 g/mol. The number of halogens is 3. The Bertz CT molecular complexity index is 448. The van der Waals surface area contributed by atoms with E-state index in [2.05, 4.69) is 31.1 Å². The van der Waals surface area contributed by atoms with Crippen LogP contribution in [0.2, 0.25) is 0 Å². The lowest BCUT2D eigenvalue weighted by Crippen LogP contribution is -2.39. The maximum absolute atomic E-state index is 12.6. The van der Waals surface area contributed by atoms with Crippen LogP contribution in [-0.4, -0.2) is 17.1 Å². The van der Waals surface area contributed by atoms with Crippen molar-refractivity contribution in [2.24, 2.45) is 5.92 Å². The molecule has 20 heavy (non-hydrogen) atoms. The first kappa shape index (κ1) is 15.8. The number of alkyl halides is 3. The van der Waals surface area contributed by atoms with Gasteiger partial charge >= 0.3 is 6.18 Å². The molecule has 1 aromatic rings. The van der Waals surface area contributed by atoms with Gasteiger partial charge in [0, 0.05) is 16.6 Å². The molecule has 0 spiro atoms. The Labute approximate surface area is 121 Å². The first-order chi connectivity index (χ1) is 9.17. The second-order valence-corrected chi connectivity index (χ2v) is 7.56. The molecule has 6 heteroatoms. The fourth-order valence-corrected chi connectivity index (χ4v) is 3.69. The predicted octanol–water partition coefficient (Wildman–Crippen LogP) is 4.43. The van der Waals surface area contributed by atoms with Crippen molar-refractivity contribution in [3.63, 3.8) is 0 Å². The van der Waals surface area contributed by atoms with Crippen LogP contribution in [-0.2, 0) is 6.18 Å². The molecule has 1 N–H and O–H groups in total. The molecule has 0 aromatic carbocycles. The summed E-state index contributed by atoms with van der Waals surface area (Å²) < 4.78 is 37.9. The van der Waals surface area contributed by atoms with E-state index in [1.807, 2.05) is 0 Å². The number of nitrogens with zero attached hydrogens (tertiary/aromatic N) is 1. The topological polar surface area (TPSA) is 24.9 Å². The fourth-order valence-electron chi connectivity index (χ4n) is 2.68. The highest BCUT2D eigenvalue weighted by Gasteiger charge is 2.37. The van der Waals surface area contributed by atoms with Crippen molar-refractivity contribution in [1.82, 2.24) is 10.3 Å². The van der Waals surface area contributed by atoms with E-state index in [0.29, 0.717) is 5.92 Å². The maximum atomic E-state index is 12.6. The third-order valence-corrected chi connectivity index (χ3v) is 4.86. The minimum absolute atomic E-state index is 0.0397. The quantitative estimate of drug-likeness (QED) is 0.893. The molecule has 1 saturated carbocycles. The van der Waals surface area contributed by atoms with Crippen LogP contribution in [0.1, 0.15) is 55.8 Å². The molecule has 2 rings (SSSR count). The van der Waals surface area contributed by atoms with E-state index in [1.54, 1.807) is 0 Å². The van der Waals surface area contributed by atoms with Crippen molar-refractivity contribution >= 4 is 11.3 Å². The summed E-state index contributed by atoms with van der Waals surface area (Å²) in [5.41, 5.74) is 0.0397. The van der Waals surface area contributed by atoms with Crippen LogP contribution in [0.15, 0.2) is 6.20 Å². The predicted molar refractivity (Wildman–Crippen MR) is 75.0 cm³/mol. The van der Waals surface area contributed by atoms with Crippen molar-refractivity contribution in [3.05, 3.63) is 16.1 Å². The number of hydrogen-bond donors (Lipinski definition) is 1. The highest BCUT2D eigenvalue weighted by atomic mass is 32.1. The molecule has 1 fully saturated rings. The van der Waals surface area contributed by atoms with Crippen molar-refractivity contribution in [3.8, 4) is 0 Å². The van der Waals surface area contributed by atoms with E-state index >= 15 is 0 Å². The molecular weight excluding hydrogens is 285 g/mol. The molecular formula is C14H21F3N2S. The number of thiazole rings is 1. The molecule has 0 amide bonds. The summed E-state index contributed by atoms with van der Waals surface area (Å²) in [6.07, 6.45) is 0.234. The van der Waals surface area contributed by atoms with E-state index < -0.39 is 11.2 Å². The molecule has 0 radical (unpaired) electrons. The number of nitrogens with one attached hydrogen (secondary N) is 1. The van der Waals surface area contributed by atoms with Crippen LogP contribution in [0, 0.1) is 5.92 Å². The zero-order valence-electron chi connectivity index (χ0n) is 12.0. The Morgan fingerprint density at radius 1 is 1.30 bits per heavy atom. The highest BCUT2D eigenvalue weighted by molar-refractivity contribution is 7.11. The second kappa shape index (κ2) is 5.64. The SMILES string of the molecule is CC(C)(C)NCC1CCCC1c1cnc(C(F)(F)F)s1. The summed E-state index contributed by atoms with van der Waals surface area (Å²) in [5, 5.41) is 2.74. The summed E-state index contributed by atoms with van der Waals surface area (Å²) in [7, 11) is 0. The van der Waals surface area contributed by atoms with Crippen LogP contribution in [0.25, 0.3) is 0 Å². The second-order valence-electron chi connectivity index (χ2n) is 6.49. The molecule has 0 bridgehead atoms. The monoisotopic (exact) mass is 306 g/mol. The van der Waals surface area contributed by atoms with Gasteiger partial charge in [0.05, 0.1) is 0 Å². The number of aromatic nitrogens is 1. The highest BCUT2D eigenvalue weighted by Crippen LogP contribution is 2.43. The molecule has 0 aliphatic heterocycles. The Kier molecular flexibility index (Phi) is 4.44. The fraction of sp³-hybridized carbons (Fsp3) is 0.786. The van der Waals surface area contributed by atoms with Crippen molar-refractivity contribution in [2.45, 2.75) is 57.7 Å². The molecule has 0 saturated heterocycles. The molecule has 1 heterocycles. The molecule has 1 aromatic heterocycles. The van der Waals surface area contributed by atoms with Crippen molar-refractivity contribution in [2.75, 3.05) is 6.54 Å². The van der Waals surface area contributed by atoms with Gasteiger partial charge in [-0.15, -0.1) is 11.3 Å². The minimum atomic E-state index is -4.32. The van der Waals surface area contributed by atoms with E-state index in [0.717, 1.165) is 42.0 Å². The minimum Gasteiger partial charge on any atom is -0.312 e.